The molecule has 0 atom stereocenters. The molecule has 0 saturated carbocycles. The van der Waals surface area contributed by atoms with Crippen molar-refractivity contribution in [3.05, 3.63) is 70.0 Å². The Bertz CT molecular complexity index is 900. The van der Waals surface area contributed by atoms with Crippen LogP contribution in [0, 0.1) is 11.7 Å². The highest BCUT2D eigenvalue weighted by atomic mass is 32.1. The molecule has 122 valence electrons. The summed E-state index contributed by atoms with van der Waals surface area (Å²) < 4.78 is 2.12. The van der Waals surface area contributed by atoms with E-state index in [1.807, 2.05) is 24.3 Å². The Morgan fingerprint density at radius 2 is 1.75 bits per heavy atom. The second-order valence-corrected chi connectivity index (χ2v) is 6.48. The maximum atomic E-state index is 5.30. The van der Waals surface area contributed by atoms with E-state index in [9.17, 15) is 0 Å². The number of nitrogens with one attached hydrogen (secondary N) is 1. The van der Waals surface area contributed by atoms with Gasteiger partial charge in [0.15, 0.2) is 5.82 Å². The van der Waals surface area contributed by atoms with Gasteiger partial charge in [0, 0.05) is 5.56 Å². The Morgan fingerprint density at radius 3 is 2.38 bits per heavy atom. The molecule has 2 aromatic carbocycles. The lowest BCUT2D eigenvalue weighted by Crippen LogP contribution is -1.95. The van der Waals surface area contributed by atoms with Crippen LogP contribution in [-0.2, 0) is 0 Å². The average molecular weight is 336 g/mol. The fourth-order valence-electron chi connectivity index (χ4n) is 2.38. The van der Waals surface area contributed by atoms with Crippen molar-refractivity contribution in [1.82, 2.24) is 14.9 Å². The number of benzene rings is 2. The van der Waals surface area contributed by atoms with Gasteiger partial charge in [-0.25, -0.2) is 5.10 Å². The van der Waals surface area contributed by atoms with Gasteiger partial charge in [-0.3, -0.25) is 0 Å². The third kappa shape index (κ3) is 3.51. The van der Waals surface area contributed by atoms with Crippen molar-refractivity contribution in [1.29, 1.82) is 0 Å². The van der Waals surface area contributed by atoms with Crippen LogP contribution in [0.25, 0.3) is 11.4 Å². The third-order valence-electron chi connectivity index (χ3n) is 3.89. The van der Waals surface area contributed by atoms with Crippen LogP contribution in [0.15, 0.2) is 53.6 Å². The highest BCUT2D eigenvalue weighted by Crippen LogP contribution is 2.18. The highest BCUT2D eigenvalue weighted by molar-refractivity contribution is 7.71. The van der Waals surface area contributed by atoms with Gasteiger partial charge >= 0.3 is 0 Å². The minimum atomic E-state index is 0.473. The molecule has 0 aliphatic carbocycles. The zero-order valence-corrected chi connectivity index (χ0v) is 14.8. The Kier molecular flexibility index (Phi) is 4.71. The van der Waals surface area contributed by atoms with Crippen LogP contribution in [0.1, 0.15) is 36.5 Å². The molecule has 3 aromatic rings. The van der Waals surface area contributed by atoms with Crippen molar-refractivity contribution in [3.8, 4) is 11.4 Å². The smallest absolute Gasteiger partial charge is 0.216 e. The minimum Gasteiger partial charge on any atom is -0.250 e. The van der Waals surface area contributed by atoms with E-state index in [4.69, 9.17) is 12.2 Å². The number of aromatic nitrogens is 3. The first-order valence-corrected chi connectivity index (χ1v) is 8.34. The predicted octanol–water partition coefficient (Wildman–Crippen LogP) is 4.92. The van der Waals surface area contributed by atoms with E-state index in [0.717, 1.165) is 11.1 Å². The van der Waals surface area contributed by atoms with Gasteiger partial charge in [0.05, 0.1) is 6.21 Å². The first kappa shape index (κ1) is 16.3. The van der Waals surface area contributed by atoms with Crippen molar-refractivity contribution in [2.75, 3.05) is 0 Å². The van der Waals surface area contributed by atoms with Gasteiger partial charge in [-0.05, 0) is 36.2 Å². The summed E-state index contributed by atoms with van der Waals surface area (Å²) in [6, 6.07) is 16.5. The molecule has 0 saturated heterocycles. The van der Waals surface area contributed by atoms with Crippen molar-refractivity contribution < 1.29 is 0 Å². The summed E-state index contributed by atoms with van der Waals surface area (Å²) in [5, 5.41) is 11.6. The molecule has 0 aliphatic heterocycles. The molecule has 24 heavy (non-hydrogen) atoms. The predicted molar refractivity (Wildman–Crippen MR) is 101 cm³/mol. The van der Waals surface area contributed by atoms with Crippen LogP contribution in [0.4, 0.5) is 0 Å². The van der Waals surface area contributed by atoms with Crippen LogP contribution in [0.3, 0.4) is 0 Å². The van der Waals surface area contributed by atoms with Gasteiger partial charge in [-0.1, -0.05) is 67.9 Å². The third-order valence-corrected chi connectivity index (χ3v) is 4.15. The monoisotopic (exact) mass is 336 g/mol. The van der Waals surface area contributed by atoms with Crippen LogP contribution in [-0.4, -0.2) is 21.1 Å². The average Bonchev–Trinajstić information content (AvgIpc) is 2.95. The fraction of sp³-hybridized carbons (Fsp3) is 0.211. The Hall–Kier alpha value is -2.53. The Balaban J connectivity index is 1.91. The summed E-state index contributed by atoms with van der Waals surface area (Å²) >= 11 is 5.30. The van der Waals surface area contributed by atoms with E-state index in [-0.39, 0.29) is 0 Å². The molecule has 0 aliphatic rings. The summed E-state index contributed by atoms with van der Waals surface area (Å²) in [7, 11) is 0. The quantitative estimate of drug-likeness (QED) is 0.543. The maximum Gasteiger partial charge on any atom is 0.216 e. The molecule has 1 heterocycles. The van der Waals surface area contributed by atoms with Gasteiger partial charge in [-0.15, -0.1) is 0 Å². The minimum absolute atomic E-state index is 0.473. The van der Waals surface area contributed by atoms with E-state index < -0.39 is 0 Å². The molecule has 4 nitrogen and oxygen atoms in total. The summed E-state index contributed by atoms with van der Waals surface area (Å²) in [6.07, 6.45) is 1.80. The number of aryl methyl sites for hydroxylation is 1. The molecular formula is C19H20N4S. The van der Waals surface area contributed by atoms with E-state index >= 15 is 0 Å². The number of nitrogens with zero attached hydrogens (tertiary/aromatic N) is 3. The molecule has 0 radical (unpaired) electrons. The molecular weight excluding hydrogens is 316 g/mol. The van der Waals surface area contributed by atoms with Crippen molar-refractivity contribution in [3.63, 3.8) is 0 Å². The lowest BCUT2D eigenvalue weighted by Gasteiger charge is -2.05. The van der Waals surface area contributed by atoms with Crippen LogP contribution in [0.2, 0.25) is 0 Å². The number of H-pyrrole nitrogens is 1. The van der Waals surface area contributed by atoms with E-state index in [2.05, 4.69) is 60.3 Å². The van der Waals surface area contributed by atoms with Crippen molar-refractivity contribution in [2.24, 2.45) is 5.10 Å². The molecule has 0 amide bonds. The van der Waals surface area contributed by atoms with Crippen LogP contribution >= 0.6 is 12.2 Å². The summed E-state index contributed by atoms with van der Waals surface area (Å²) in [5.74, 6) is 1.22. The number of hydrogen-bond acceptors (Lipinski definition) is 3. The van der Waals surface area contributed by atoms with Gasteiger partial charge < -0.3 is 0 Å². The largest absolute Gasteiger partial charge is 0.250 e. The van der Waals surface area contributed by atoms with Crippen molar-refractivity contribution in [2.45, 2.75) is 26.7 Å². The summed E-state index contributed by atoms with van der Waals surface area (Å²) in [4.78, 5) is 0. The maximum absolute atomic E-state index is 5.30. The van der Waals surface area contributed by atoms with E-state index in [1.54, 1.807) is 10.9 Å². The van der Waals surface area contributed by atoms with Gasteiger partial charge in [0.1, 0.15) is 0 Å². The normalized spacial score (nSPS) is 11.5. The molecule has 1 N–H and O–H groups in total. The van der Waals surface area contributed by atoms with Crippen LogP contribution in [0.5, 0.6) is 0 Å². The van der Waals surface area contributed by atoms with Crippen LogP contribution < -0.4 is 0 Å². The van der Waals surface area contributed by atoms with Crippen molar-refractivity contribution >= 4 is 18.4 Å². The topological polar surface area (TPSA) is 46.0 Å². The number of aromatic amines is 1. The first-order chi connectivity index (χ1) is 11.5. The molecule has 3 rings (SSSR count). The zero-order valence-electron chi connectivity index (χ0n) is 14.0. The molecule has 5 heteroatoms. The number of hydrogen-bond donors (Lipinski definition) is 1. The lowest BCUT2D eigenvalue weighted by atomic mass is 10.0. The zero-order chi connectivity index (χ0) is 17.1. The molecule has 1 aromatic heterocycles. The molecule has 0 fully saturated rings. The summed E-state index contributed by atoms with van der Waals surface area (Å²) in [6.45, 7) is 6.42. The second-order valence-electron chi connectivity index (χ2n) is 6.10. The standard InChI is InChI=1S/C19H20N4S/c1-13(2)16-10-6-15(7-11-16)12-20-23-18(21-22-19(23)24)17-8-4-14(3)5-9-17/h4-13H,1-3H3,(H,22,24). The Labute approximate surface area is 146 Å². The molecule has 0 spiro atoms. The molecule has 0 unspecified atom stereocenters. The van der Waals surface area contributed by atoms with Gasteiger partial charge in [-0.2, -0.15) is 14.9 Å². The SMILES string of the molecule is Cc1ccc(-c2n[nH]c(=S)n2N=Cc2ccc(C(C)C)cc2)cc1. The lowest BCUT2D eigenvalue weighted by molar-refractivity contribution is 0.865. The fourth-order valence-corrected chi connectivity index (χ4v) is 2.56. The van der Waals surface area contributed by atoms with Gasteiger partial charge in [0.25, 0.3) is 0 Å². The van der Waals surface area contributed by atoms with E-state index in [1.165, 1.54) is 11.1 Å². The van der Waals surface area contributed by atoms with E-state index in [0.29, 0.717) is 16.5 Å². The first-order valence-electron chi connectivity index (χ1n) is 7.93. The highest BCUT2D eigenvalue weighted by Gasteiger charge is 2.07. The number of rotatable bonds is 4. The second kappa shape index (κ2) is 6.93. The summed E-state index contributed by atoms with van der Waals surface area (Å²) in [5.41, 5.74) is 4.51. The Morgan fingerprint density at radius 1 is 1.08 bits per heavy atom. The molecule has 0 bridgehead atoms. The van der Waals surface area contributed by atoms with Gasteiger partial charge in [0.2, 0.25) is 4.77 Å².